The number of hydrogen-bond donors (Lipinski definition) is 2. The number of Topliss-reactive ketones (excluding diaryl/α,β-unsaturated/α-hetero) is 1. The van der Waals surface area contributed by atoms with E-state index in [4.69, 9.17) is 0 Å². The highest BCUT2D eigenvalue weighted by Gasteiger charge is 2.29. The van der Waals surface area contributed by atoms with Gasteiger partial charge in [0.2, 0.25) is 5.78 Å². The lowest BCUT2D eigenvalue weighted by Gasteiger charge is -2.00. The maximum atomic E-state index is 12.7. The van der Waals surface area contributed by atoms with Crippen LogP contribution in [0.5, 0.6) is 0 Å². The van der Waals surface area contributed by atoms with Crippen LogP contribution in [-0.2, 0) is 0 Å². The van der Waals surface area contributed by atoms with Crippen LogP contribution in [0.3, 0.4) is 0 Å². The second kappa shape index (κ2) is 6.28. The molecule has 3 aromatic carbocycles. The van der Waals surface area contributed by atoms with Crippen molar-refractivity contribution >= 4 is 28.2 Å². The van der Waals surface area contributed by atoms with E-state index in [-0.39, 0.29) is 17.2 Å². The van der Waals surface area contributed by atoms with E-state index >= 15 is 0 Å². The minimum absolute atomic E-state index is 0.193. The first-order valence-corrected chi connectivity index (χ1v) is 8.78. The van der Waals surface area contributed by atoms with Crippen LogP contribution in [0.1, 0.15) is 26.4 Å². The molecule has 134 valence electrons. The molecule has 0 saturated carbocycles. The van der Waals surface area contributed by atoms with Gasteiger partial charge in [-0.15, -0.1) is 0 Å². The number of nitrogens with one attached hydrogen (secondary N) is 2. The van der Waals surface area contributed by atoms with Crippen molar-refractivity contribution < 1.29 is 9.59 Å². The number of carbonyl (C=O) groups excluding carboxylic acids is 2. The molecular formula is C22H14N4O2. The Hall–Kier alpha value is -4.06. The van der Waals surface area contributed by atoms with E-state index in [9.17, 15) is 9.59 Å². The number of nitrogens with zero attached hydrogens (tertiary/aromatic N) is 2. The second-order valence-corrected chi connectivity index (χ2v) is 6.47. The van der Waals surface area contributed by atoms with Gasteiger partial charge in [0, 0.05) is 22.1 Å². The first kappa shape index (κ1) is 16.1. The molecule has 0 fully saturated rings. The molecular weight excluding hydrogens is 352 g/mol. The van der Waals surface area contributed by atoms with E-state index in [0.717, 1.165) is 21.9 Å². The van der Waals surface area contributed by atoms with E-state index in [2.05, 4.69) is 20.7 Å². The first-order valence-electron chi connectivity index (χ1n) is 8.78. The lowest BCUT2D eigenvalue weighted by molar-refractivity contribution is 0.0950. The molecule has 28 heavy (non-hydrogen) atoms. The molecule has 0 atom stereocenters. The molecule has 6 nitrogen and oxygen atoms in total. The van der Waals surface area contributed by atoms with Crippen molar-refractivity contribution in [1.29, 1.82) is 0 Å². The van der Waals surface area contributed by atoms with Gasteiger partial charge in [0.1, 0.15) is 11.4 Å². The molecule has 1 aromatic heterocycles. The highest BCUT2D eigenvalue weighted by atomic mass is 16.2. The Morgan fingerprint density at radius 1 is 0.929 bits per heavy atom. The van der Waals surface area contributed by atoms with E-state index in [1.54, 1.807) is 12.1 Å². The quantitative estimate of drug-likeness (QED) is 0.544. The smallest absolute Gasteiger partial charge is 0.287 e. The van der Waals surface area contributed by atoms with Crippen LogP contribution in [0.15, 0.2) is 77.9 Å². The van der Waals surface area contributed by atoms with Crippen molar-refractivity contribution in [3.8, 4) is 11.3 Å². The summed E-state index contributed by atoms with van der Waals surface area (Å²) in [5.74, 6) is -0.653. The largest absolute Gasteiger partial charge is 0.289 e. The van der Waals surface area contributed by atoms with Gasteiger partial charge >= 0.3 is 0 Å². The van der Waals surface area contributed by atoms with Gasteiger partial charge in [0.05, 0.1) is 5.69 Å². The minimum Gasteiger partial charge on any atom is -0.287 e. The average molecular weight is 366 g/mol. The summed E-state index contributed by atoms with van der Waals surface area (Å²) in [5.41, 5.74) is 5.87. The number of ketones is 1. The van der Waals surface area contributed by atoms with Gasteiger partial charge in [0.15, 0.2) is 0 Å². The van der Waals surface area contributed by atoms with E-state index in [1.807, 2.05) is 60.7 Å². The fraction of sp³-hybridized carbons (Fsp3) is 0. The van der Waals surface area contributed by atoms with Gasteiger partial charge in [-0.1, -0.05) is 66.7 Å². The Morgan fingerprint density at radius 3 is 2.46 bits per heavy atom. The number of hydrogen-bond acceptors (Lipinski definition) is 4. The Balaban J connectivity index is 1.43. The molecule has 1 aliphatic carbocycles. The average Bonchev–Trinajstić information content (AvgIpc) is 3.33. The Labute approximate surface area is 159 Å². The topological polar surface area (TPSA) is 87.2 Å². The molecule has 0 saturated heterocycles. The van der Waals surface area contributed by atoms with Crippen LogP contribution in [0.2, 0.25) is 0 Å². The van der Waals surface area contributed by atoms with Gasteiger partial charge < -0.3 is 0 Å². The summed E-state index contributed by atoms with van der Waals surface area (Å²) < 4.78 is 0. The summed E-state index contributed by atoms with van der Waals surface area (Å²) in [6.07, 6.45) is 0. The molecule has 0 unspecified atom stereocenters. The second-order valence-electron chi connectivity index (χ2n) is 6.47. The Morgan fingerprint density at radius 2 is 1.68 bits per heavy atom. The molecule has 1 aliphatic rings. The summed E-state index contributed by atoms with van der Waals surface area (Å²) >= 11 is 0. The molecule has 6 heteroatoms. The number of benzene rings is 3. The molecule has 0 aliphatic heterocycles. The van der Waals surface area contributed by atoms with Crippen LogP contribution >= 0.6 is 0 Å². The molecule has 2 N–H and O–H groups in total. The number of aromatic amines is 1. The molecule has 1 heterocycles. The molecule has 0 bridgehead atoms. The van der Waals surface area contributed by atoms with Crippen LogP contribution in [0, 0.1) is 0 Å². The van der Waals surface area contributed by atoms with Crippen molar-refractivity contribution in [3.05, 3.63) is 89.6 Å². The first-order chi connectivity index (χ1) is 13.7. The predicted octanol–water partition coefficient (Wildman–Crippen LogP) is 3.56. The summed E-state index contributed by atoms with van der Waals surface area (Å²) in [6.45, 7) is 0. The van der Waals surface area contributed by atoms with E-state index in [0.29, 0.717) is 11.3 Å². The number of H-pyrrole nitrogens is 1. The maximum absolute atomic E-state index is 12.7. The van der Waals surface area contributed by atoms with Crippen LogP contribution in [0.4, 0.5) is 0 Å². The highest BCUT2D eigenvalue weighted by Crippen LogP contribution is 2.30. The van der Waals surface area contributed by atoms with Crippen LogP contribution < -0.4 is 5.43 Å². The summed E-state index contributed by atoms with van der Waals surface area (Å²) in [4.78, 5) is 25.2. The zero-order valence-electron chi connectivity index (χ0n) is 14.6. The summed E-state index contributed by atoms with van der Waals surface area (Å²) in [5, 5.41) is 12.8. The standard InChI is InChI=1S/C22H14N4O2/c27-21-16-11-5-9-14-8-4-10-15(19(14)16)20(21)25-26-22(28)18-12-17(23-24-18)13-6-2-1-3-7-13/h1-12H,(H,23,24)(H,26,28)/b25-20+. The SMILES string of the molecule is O=C(N/N=C1/C(=O)c2cccc3cccc1c23)c1cc(-c2ccccc2)n[nH]1. The lowest BCUT2D eigenvalue weighted by atomic mass is 10.1. The number of hydrazone groups is 1. The number of carbonyl (C=O) groups is 2. The lowest BCUT2D eigenvalue weighted by Crippen LogP contribution is -2.22. The van der Waals surface area contributed by atoms with Gasteiger partial charge in [-0.05, 0) is 11.5 Å². The van der Waals surface area contributed by atoms with E-state index in [1.165, 1.54) is 0 Å². The van der Waals surface area contributed by atoms with Crippen molar-refractivity contribution in [3.63, 3.8) is 0 Å². The number of rotatable bonds is 3. The number of amides is 1. The number of aromatic nitrogens is 2. The summed E-state index contributed by atoms with van der Waals surface area (Å²) in [7, 11) is 0. The molecule has 5 rings (SSSR count). The third-order valence-electron chi connectivity index (χ3n) is 4.78. The third kappa shape index (κ3) is 2.51. The van der Waals surface area contributed by atoms with Gasteiger partial charge in [-0.2, -0.15) is 10.2 Å². The van der Waals surface area contributed by atoms with E-state index < -0.39 is 5.91 Å². The van der Waals surface area contributed by atoms with Gasteiger partial charge in [-0.3, -0.25) is 14.7 Å². The molecule has 0 radical (unpaired) electrons. The normalized spacial score (nSPS) is 14.0. The van der Waals surface area contributed by atoms with Crippen LogP contribution in [0.25, 0.3) is 22.0 Å². The summed E-state index contributed by atoms with van der Waals surface area (Å²) in [6, 6.07) is 22.4. The van der Waals surface area contributed by atoms with Crippen molar-refractivity contribution in [2.45, 2.75) is 0 Å². The van der Waals surface area contributed by atoms with Crippen LogP contribution in [-0.4, -0.2) is 27.6 Å². The fourth-order valence-electron chi connectivity index (χ4n) is 3.45. The highest BCUT2D eigenvalue weighted by molar-refractivity contribution is 6.59. The molecule has 1 amide bonds. The van der Waals surface area contributed by atoms with Gasteiger partial charge in [0.25, 0.3) is 5.91 Å². The third-order valence-corrected chi connectivity index (χ3v) is 4.78. The Kier molecular flexibility index (Phi) is 3.62. The molecule has 4 aromatic rings. The Bertz CT molecular complexity index is 1270. The van der Waals surface area contributed by atoms with Gasteiger partial charge in [-0.25, -0.2) is 5.43 Å². The predicted molar refractivity (Wildman–Crippen MR) is 106 cm³/mol. The van der Waals surface area contributed by atoms with Crippen molar-refractivity contribution in [1.82, 2.24) is 15.6 Å². The zero-order chi connectivity index (χ0) is 19.1. The van der Waals surface area contributed by atoms with Crippen molar-refractivity contribution in [2.75, 3.05) is 0 Å². The minimum atomic E-state index is -0.460. The van der Waals surface area contributed by atoms with Crippen molar-refractivity contribution in [2.24, 2.45) is 5.10 Å². The monoisotopic (exact) mass is 366 g/mol. The maximum Gasteiger partial charge on any atom is 0.289 e. The zero-order valence-corrected chi connectivity index (χ0v) is 14.6. The molecule has 0 spiro atoms. The fourth-order valence-corrected chi connectivity index (χ4v) is 3.45.